The molecule has 8 heteroatoms. The predicted octanol–water partition coefficient (Wildman–Crippen LogP) is 2.18. The number of imide groups is 2. The Kier molecular flexibility index (Phi) is 5.01. The van der Waals surface area contributed by atoms with Crippen LogP contribution in [0.2, 0.25) is 0 Å². The van der Waals surface area contributed by atoms with E-state index in [9.17, 15) is 23.6 Å². The molecule has 1 spiro atoms. The number of amides is 5. The molecular formula is C18H20FN3O4. The molecule has 3 rings (SSSR count). The van der Waals surface area contributed by atoms with E-state index in [0.29, 0.717) is 12.8 Å². The number of urea groups is 1. The van der Waals surface area contributed by atoms with Gasteiger partial charge in [-0.25, -0.2) is 9.18 Å². The normalized spacial score (nSPS) is 18.9. The third-order valence-corrected chi connectivity index (χ3v) is 4.98. The number of halogens is 1. The molecule has 1 aliphatic heterocycles. The van der Waals surface area contributed by atoms with Crippen LogP contribution in [0.5, 0.6) is 0 Å². The minimum absolute atomic E-state index is 0.0766. The highest BCUT2D eigenvalue weighted by Crippen LogP contribution is 2.45. The lowest BCUT2D eigenvalue weighted by atomic mass is 9.73. The highest BCUT2D eigenvalue weighted by atomic mass is 19.1. The highest BCUT2D eigenvalue weighted by Gasteiger charge is 2.51. The van der Waals surface area contributed by atoms with Gasteiger partial charge in [0.05, 0.1) is 11.1 Å². The Morgan fingerprint density at radius 1 is 1.12 bits per heavy atom. The first-order valence-corrected chi connectivity index (χ1v) is 8.61. The molecule has 2 fully saturated rings. The molecule has 1 aromatic rings. The number of anilines is 1. The Morgan fingerprint density at radius 3 is 2.50 bits per heavy atom. The van der Waals surface area contributed by atoms with Crippen molar-refractivity contribution in [3.05, 3.63) is 30.1 Å². The van der Waals surface area contributed by atoms with Crippen LogP contribution in [0, 0.1) is 11.2 Å². The van der Waals surface area contributed by atoms with Crippen LogP contribution in [0.4, 0.5) is 14.9 Å². The Bertz CT molecular complexity index is 759. The van der Waals surface area contributed by atoms with Crippen molar-refractivity contribution in [2.75, 3.05) is 11.9 Å². The average Bonchev–Trinajstić information content (AvgIpc) is 2.81. The summed E-state index contributed by atoms with van der Waals surface area (Å²) in [6, 6.07) is 4.59. The van der Waals surface area contributed by atoms with E-state index in [1.54, 1.807) is 0 Å². The number of benzene rings is 1. The second-order valence-corrected chi connectivity index (χ2v) is 6.78. The van der Waals surface area contributed by atoms with E-state index >= 15 is 0 Å². The number of carbonyl (C=O) groups excluding carboxylic acids is 4. The lowest BCUT2D eigenvalue weighted by molar-refractivity contribution is -0.145. The van der Waals surface area contributed by atoms with Crippen LogP contribution in [0.3, 0.4) is 0 Å². The summed E-state index contributed by atoms with van der Waals surface area (Å²) in [6.07, 6.45) is 4.27. The standard InChI is InChI=1S/C18H20FN3O4/c19-12-6-2-3-7-13(12)20-17(26)21-14(23)11-22-15(24)10-18(16(22)25)8-4-1-5-9-18/h2-3,6-7H,1,4-5,8-11H2,(H2,20,21,23,26). The first-order valence-electron chi connectivity index (χ1n) is 8.61. The Morgan fingerprint density at radius 2 is 1.81 bits per heavy atom. The van der Waals surface area contributed by atoms with E-state index in [-0.39, 0.29) is 23.9 Å². The molecule has 0 unspecified atom stereocenters. The first kappa shape index (κ1) is 18.0. The van der Waals surface area contributed by atoms with E-state index in [2.05, 4.69) is 5.32 Å². The van der Waals surface area contributed by atoms with E-state index in [1.165, 1.54) is 24.3 Å². The number of hydrogen-bond acceptors (Lipinski definition) is 4. The molecule has 0 atom stereocenters. The van der Waals surface area contributed by atoms with Crippen molar-refractivity contribution in [1.29, 1.82) is 0 Å². The monoisotopic (exact) mass is 361 g/mol. The molecule has 1 aliphatic carbocycles. The highest BCUT2D eigenvalue weighted by molar-refractivity contribution is 6.10. The third-order valence-electron chi connectivity index (χ3n) is 4.98. The average molecular weight is 361 g/mol. The van der Waals surface area contributed by atoms with Crippen LogP contribution in [0.25, 0.3) is 0 Å². The number of carbonyl (C=O) groups is 4. The second kappa shape index (κ2) is 7.23. The summed E-state index contributed by atoms with van der Waals surface area (Å²) in [5, 5.41) is 4.22. The summed E-state index contributed by atoms with van der Waals surface area (Å²) >= 11 is 0. The molecule has 1 aromatic carbocycles. The van der Waals surface area contributed by atoms with Crippen molar-refractivity contribution in [3.63, 3.8) is 0 Å². The summed E-state index contributed by atoms with van der Waals surface area (Å²) in [5.41, 5.74) is -0.752. The molecule has 5 amide bonds. The SMILES string of the molecule is O=C(CN1C(=O)CC2(CCCCC2)C1=O)NC(=O)Nc1ccccc1F. The molecule has 2 N–H and O–H groups in total. The number of likely N-dealkylation sites (tertiary alicyclic amines) is 1. The molecule has 0 radical (unpaired) electrons. The second-order valence-electron chi connectivity index (χ2n) is 6.78. The van der Waals surface area contributed by atoms with Crippen molar-refractivity contribution >= 4 is 29.4 Å². The van der Waals surface area contributed by atoms with Gasteiger partial charge in [0.15, 0.2) is 0 Å². The van der Waals surface area contributed by atoms with Crippen LogP contribution >= 0.6 is 0 Å². The van der Waals surface area contributed by atoms with Gasteiger partial charge in [-0.3, -0.25) is 24.6 Å². The maximum Gasteiger partial charge on any atom is 0.326 e. The lowest BCUT2D eigenvalue weighted by Crippen LogP contribution is -2.45. The summed E-state index contributed by atoms with van der Waals surface area (Å²) in [5.74, 6) is -2.15. The van der Waals surface area contributed by atoms with Gasteiger partial charge in [0.25, 0.3) is 0 Å². The van der Waals surface area contributed by atoms with E-state index in [0.717, 1.165) is 24.2 Å². The van der Waals surface area contributed by atoms with Gasteiger partial charge in [-0.15, -0.1) is 0 Å². The summed E-state index contributed by atoms with van der Waals surface area (Å²) in [6.45, 7) is -0.510. The number of rotatable bonds is 3. The van der Waals surface area contributed by atoms with Crippen LogP contribution in [0.15, 0.2) is 24.3 Å². The smallest absolute Gasteiger partial charge is 0.305 e. The lowest BCUT2D eigenvalue weighted by Gasteiger charge is -2.30. The first-order chi connectivity index (χ1) is 12.4. The van der Waals surface area contributed by atoms with Crippen molar-refractivity contribution in [2.45, 2.75) is 38.5 Å². The quantitative estimate of drug-likeness (QED) is 0.807. The third kappa shape index (κ3) is 3.58. The van der Waals surface area contributed by atoms with Gasteiger partial charge < -0.3 is 5.32 Å². The minimum Gasteiger partial charge on any atom is -0.305 e. The van der Waals surface area contributed by atoms with Gasteiger partial charge in [0.1, 0.15) is 12.4 Å². The number of nitrogens with zero attached hydrogens (tertiary/aromatic N) is 1. The summed E-state index contributed by atoms with van der Waals surface area (Å²) < 4.78 is 13.5. The summed E-state index contributed by atoms with van der Waals surface area (Å²) in [7, 11) is 0. The van der Waals surface area contributed by atoms with Crippen LogP contribution < -0.4 is 10.6 Å². The van der Waals surface area contributed by atoms with Crippen molar-refractivity contribution in [2.24, 2.45) is 5.41 Å². The molecule has 0 bridgehead atoms. The maximum absolute atomic E-state index is 13.5. The Labute approximate surface area is 149 Å². The topological polar surface area (TPSA) is 95.6 Å². The zero-order chi connectivity index (χ0) is 18.7. The predicted molar refractivity (Wildman–Crippen MR) is 90.4 cm³/mol. The zero-order valence-electron chi connectivity index (χ0n) is 14.2. The van der Waals surface area contributed by atoms with Gasteiger partial charge in [-0.2, -0.15) is 0 Å². The van der Waals surface area contributed by atoms with Crippen LogP contribution in [-0.2, 0) is 14.4 Å². The van der Waals surface area contributed by atoms with Crippen molar-refractivity contribution in [3.8, 4) is 0 Å². The van der Waals surface area contributed by atoms with Crippen LogP contribution in [-0.4, -0.2) is 35.2 Å². The van der Waals surface area contributed by atoms with Gasteiger partial charge >= 0.3 is 6.03 Å². The Hall–Kier alpha value is -2.77. The van der Waals surface area contributed by atoms with Crippen LogP contribution in [0.1, 0.15) is 38.5 Å². The molecule has 7 nitrogen and oxygen atoms in total. The van der Waals surface area contributed by atoms with E-state index in [4.69, 9.17) is 0 Å². The van der Waals surface area contributed by atoms with E-state index < -0.39 is 29.7 Å². The van der Waals surface area contributed by atoms with Crippen molar-refractivity contribution in [1.82, 2.24) is 10.2 Å². The number of nitrogens with one attached hydrogen (secondary N) is 2. The van der Waals surface area contributed by atoms with Gasteiger partial charge in [-0.05, 0) is 25.0 Å². The number of hydrogen-bond donors (Lipinski definition) is 2. The fourth-order valence-corrected chi connectivity index (χ4v) is 3.67. The molecule has 138 valence electrons. The number of para-hydroxylation sites is 1. The van der Waals surface area contributed by atoms with Crippen molar-refractivity contribution < 1.29 is 23.6 Å². The molecular weight excluding hydrogens is 341 g/mol. The van der Waals surface area contributed by atoms with Gasteiger partial charge in [0, 0.05) is 6.42 Å². The fourth-order valence-electron chi connectivity index (χ4n) is 3.67. The summed E-state index contributed by atoms with van der Waals surface area (Å²) in [4.78, 5) is 49.6. The molecule has 1 heterocycles. The molecule has 1 saturated heterocycles. The largest absolute Gasteiger partial charge is 0.326 e. The Balaban J connectivity index is 1.58. The van der Waals surface area contributed by atoms with E-state index in [1.807, 2.05) is 5.32 Å². The molecule has 0 aromatic heterocycles. The fraction of sp³-hybridized carbons (Fsp3) is 0.444. The van der Waals surface area contributed by atoms with Gasteiger partial charge in [0.2, 0.25) is 17.7 Å². The van der Waals surface area contributed by atoms with Gasteiger partial charge in [-0.1, -0.05) is 31.4 Å². The molecule has 26 heavy (non-hydrogen) atoms. The molecule has 1 saturated carbocycles. The maximum atomic E-state index is 13.5. The minimum atomic E-state index is -0.924. The molecule has 2 aliphatic rings. The zero-order valence-corrected chi connectivity index (χ0v) is 14.2.